The number of carbonyl (C=O) groups excluding carboxylic acids is 1. The van der Waals surface area contributed by atoms with Gasteiger partial charge in [-0.15, -0.1) is 0 Å². The normalized spacial score (nSPS) is 19.0. The first-order valence-corrected chi connectivity index (χ1v) is 7.74. The summed E-state index contributed by atoms with van der Waals surface area (Å²) in [4.78, 5) is 12.5. The number of fused-ring (bicyclic) bond motifs is 1. The molecule has 1 aromatic carbocycles. The van der Waals surface area contributed by atoms with E-state index in [1.807, 2.05) is 32.3 Å². The van der Waals surface area contributed by atoms with Crippen LogP contribution in [0.5, 0.6) is 0 Å². The molecular formula is C18H23N3O. The molecule has 0 spiro atoms. The first-order valence-electron chi connectivity index (χ1n) is 7.74. The maximum Gasteiger partial charge on any atom is 0.276 e. The molecule has 1 atom stereocenters. The lowest BCUT2D eigenvalue weighted by molar-refractivity contribution is 0.102. The third-order valence-corrected chi connectivity index (χ3v) is 4.62. The van der Waals surface area contributed by atoms with E-state index < -0.39 is 0 Å². The molecule has 0 radical (unpaired) electrons. The van der Waals surface area contributed by atoms with Gasteiger partial charge in [0.25, 0.3) is 5.91 Å². The minimum absolute atomic E-state index is 0.136. The predicted octanol–water partition coefficient (Wildman–Crippen LogP) is 3.77. The predicted molar refractivity (Wildman–Crippen MR) is 88.4 cm³/mol. The molecule has 1 N–H and O–H groups in total. The number of anilines is 1. The van der Waals surface area contributed by atoms with E-state index >= 15 is 0 Å². The second-order valence-corrected chi connectivity index (χ2v) is 7.04. The van der Waals surface area contributed by atoms with Crippen molar-refractivity contribution >= 4 is 11.6 Å². The summed E-state index contributed by atoms with van der Waals surface area (Å²) in [5.74, 6) is 0.315. The minimum atomic E-state index is -0.136. The van der Waals surface area contributed by atoms with Gasteiger partial charge in [0, 0.05) is 24.5 Å². The van der Waals surface area contributed by atoms with E-state index in [0.717, 1.165) is 17.7 Å². The number of benzene rings is 1. The Balaban J connectivity index is 1.96. The third-order valence-electron chi connectivity index (χ3n) is 4.62. The van der Waals surface area contributed by atoms with E-state index in [9.17, 15) is 4.79 Å². The molecule has 0 aliphatic heterocycles. The van der Waals surface area contributed by atoms with Crippen molar-refractivity contribution in [3.05, 3.63) is 46.8 Å². The zero-order valence-corrected chi connectivity index (χ0v) is 13.9. The molecule has 116 valence electrons. The Morgan fingerprint density at radius 2 is 2.14 bits per heavy atom. The summed E-state index contributed by atoms with van der Waals surface area (Å²) in [6, 6.07) is 6.20. The lowest BCUT2D eigenvalue weighted by atomic mass is 9.86. The molecule has 1 amide bonds. The fraction of sp³-hybridized carbons (Fsp3) is 0.444. The first-order chi connectivity index (χ1) is 10.3. The standard InChI is InChI=1S/C18H23N3O/c1-11-9-18(3,4)13-7-6-8-14(15(11)13)19-17(22)16-12(2)10-21(5)20-16/h6-8,10-11H,9H2,1-5H3,(H,19,22). The van der Waals surface area contributed by atoms with Crippen molar-refractivity contribution in [2.45, 2.75) is 45.4 Å². The summed E-state index contributed by atoms with van der Waals surface area (Å²) in [7, 11) is 1.83. The van der Waals surface area contributed by atoms with Crippen molar-refractivity contribution in [1.29, 1.82) is 0 Å². The van der Waals surface area contributed by atoms with E-state index in [1.165, 1.54) is 11.1 Å². The molecule has 4 nitrogen and oxygen atoms in total. The Morgan fingerprint density at radius 1 is 1.41 bits per heavy atom. The second-order valence-electron chi connectivity index (χ2n) is 7.04. The Labute approximate surface area is 131 Å². The minimum Gasteiger partial charge on any atom is -0.320 e. The van der Waals surface area contributed by atoms with Gasteiger partial charge in [0.05, 0.1) is 0 Å². The van der Waals surface area contributed by atoms with Gasteiger partial charge in [0.1, 0.15) is 0 Å². The van der Waals surface area contributed by atoms with E-state index in [-0.39, 0.29) is 11.3 Å². The molecule has 1 aliphatic rings. The average molecular weight is 297 g/mol. The van der Waals surface area contributed by atoms with Crippen LogP contribution in [0.2, 0.25) is 0 Å². The van der Waals surface area contributed by atoms with E-state index in [0.29, 0.717) is 11.6 Å². The summed E-state index contributed by atoms with van der Waals surface area (Å²) in [6.07, 6.45) is 2.97. The first kappa shape index (κ1) is 14.8. The maximum atomic E-state index is 12.5. The lowest BCUT2D eigenvalue weighted by Crippen LogP contribution is -2.16. The van der Waals surface area contributed by atoms with Crippen LogP contribution in [0.15, 0.2) is 24.4 Å². The van der Waals surface area contributed by atoms with E-state index in [2.05, 4.69) is 37.3 Å². The Hall–Kier alpha value is -2.10. The fourth-order valence-electron chi connectivity index (χ4n) is 3.79. The quantitative estimate of drug-likeness (QED) is 0.917. The third kappa shape index (κ3) is 2.32. The highest BCUT2D eigenvalue weighted by atomic mass is 16.2. The van der Waals surface area contributed by atoms with Crippen LogP contribution in [0, 0.1) is 6.92 Å². The van der Waals surface area contributed by atoms with Gasteiger partial charge in [-0.05, 0) is 41.9 Å². The van der Waals surface area contributed by atoms with Crippen LogP contribution >= 0.6 is 0 Å². The Morgan fingerprint density at radius 3 is 2.77 bits per heavy atom. The molecule has 0 bridgehead atoms. The number of hydrogen-bond acceptors (Lipinski definition) is 2. The molecule has 1 unspecified atom stereocenters. The molecule has 1 aromatic heterocycles. The molecule has 3 rings (SSSR count). The van der Waals surface area contributed by atoms with Crippen molar-refractivity contribution in [2.75, 3.05) is 5.32 Å². The van der Waals surface area contributed by atoms with E-state index in [1.54, 1.807) is 4.68 Å². The van der Waals surface area contributed by atoms with Crippen molar-refractivity contribution in [1.82, 2.24) is 9.78 Å². The SMILES string of the molecule is Cc1cn(C)nc1C(=O)Nc1cccc2c1C(C)CC2(C)C. The van der Waals surface area contributed by atoms with Crippen molar-refractivity contribution < 1.29 is 4.79 Å². The monoisotopic (exact) mass is 297 g/mol. The molecule has 1 aliphatic carbocycles. The molecule has 0 fully saturated rings. The summed E-state index contributed by atoms with van der Waals surface area (Å²) in [5.41, 5.74) is 5.08. The van der Waals surface area contributed by atoms with Crippen LogP contribution in [0.3, 0.4) is 0 Å². The number of amides is 1. The van der Waals surface area contributed by atoms with Gasteiger partial charge >= 0.3 is 0 Å². The van der Waals surface area contributed by atoms with Gasteiger partial charge < -0.3 is 5.32 Å². The van der Waals surface area contributed by atoms with Gasteiger partial charge in [0.2, 0.25) is 0 Å². The topological polar surface area (TPSA) is 46.9 Å². The van der Waals surface area contributed by atoms with E-state index in [4.69, 9.17) is 0 Å². The Kier molecular flexibility index (Phi) is 3.35. The highest BCUT2D eigenvalue weighted by Gasteiger charge is 2.36. The summed E-state index contributed by atoms with van der Waals surface area (Å²) < 4.78 is 1.67. The average Bonchev–Trinajstić information content (AvgIpc) is 2.87. The zero-order valence-electron chi connectivity index (χ0n) is 13.9. The van der Waals surface area contributed by atoms with Gasteiger partial charge in [-0.2, -0.15) is 5.10 Å². The molecule has 2 aromatic rings. The molecule has 22 heavy (non-hydrogen) atoms. The highest BCUT2D eigenvalue weighted by Crippen LogP contribution is 2.48. The van der Waals surface area contributed by atoms with Crippen molar-refractivity contribution in [3.8, 4) is 0 Å². The second kappa shape index (κ2) is 4.97. The summed E-state index contributed by atoms with van der Waals surface area (Å²) in [5, 5.41) is 7.32. The Bertz CT molecular complexity index is 743. The van der Waals surface area contributed by atoms with Gasteiger partial charge in [-0.1, -0.05) is 32.9 Å². The maximum absolute atomic E-state index is 12.5. The number of nitrogens with one attached hydrogen (secondary N) is 1. The number of aromatic nitrogens is 2. The van der Waals surface area contributed by atoms with Crippen molar-refractivity contribution in [3.63, 3.8) is 0 Å². The van der Waals surface area contributed by atoms with Crippen molar-refractivity contribution in [2.24, 2.45) is 7.05 Å². The number of hydrogen-bond donors (Lipinski definition) is 1. The smallest absolute Gasteiger partial charge is 0.276 e. The van der Waals surface area contributed by atoms with Crippen LogP contribution in [0.4, 0.5) is 5.69 Å². The molecule has 4 heteroatoms. The number of rotatable bonds is 2. The molecule has 0 saturated heterocycles. The van der Waals surface area contributed by atoms with Crippen LogP contribution in [0.25, 0.3) is 0 Å². The fourth-order valence-corrected chi connectivity index (χ4v) is 3.79. The van der Waals surface area contributed by atoms with Crippen LogP contribution in [-0.2, 0) is 12.5 Å². The lowest BCUT2D eigenvalue weighted by Gasteiger charge is -2.19. The largest absolute Gasteiger partial charge is 0.320 e. The molecule has 1 heterocycles. The zero-order chi connectivity index (χ0) is 16.1. The van der Waals surface area contributed by atoms with Gasteiger partial charge in [0.15, 0.2) is 5.69 Å². The van der Waals surface area contributed by atoms with Gasteiger partial charge in [-0.3, -0.25) is 9.48 Å². The molecule has 0 saturated carbocycles. The van der Waals surface area contributed by atoms with Crippen LogP contribution in [0.1, 0.15) is 60.3 Å². The van der Waals surface area contributed by atoms with Crippen LogP contribution in [-0.4, -0.2) is 15.7 Å². The van der Waals surface area contributed by atoms with Gasteiger partial charge in [-0.25, -0.2) is 0 Å². The number of carbonyl (C=O) groups is 1. The number of aryl methyl sites for hydroxylation is 2. The number of nitrogens with zero attached hydrogens (tertiary/aromatic N) is 2. The molecular weight excluding hydrogens is 274 g/mol. The van der Waals surface area contributed by atoms with Crippen LogP contribution < -0.4 is 5.32 Å². The summed E-state index contributed by atoms with van der Waals surface area (Å²) in [6.45, 7) is 8.67. The summed E-state index contributed by atoms with van der Waals surface area (Å²) >= 11 is 0. The highest BCUT2D eigenvalue weighted by molar-refractivity contribution is 6.04.